The molecule has 4 heteroatoms. The molecule has 1 saturated carbocycles. The summed E-state index contributed by atoms with van der Waals surface area (Å²) < 4.78 is 13.0. The molecule has 0 aromatic heterocycles. The topological polar surface area (TPSA) is 41.1 Å². The monoisotopic (exact) mass is 278 g/mol. The molecular formula is C16H23FN2O. The number of hydrogen-bond donors (Lipinski definition) is 2. The fraction of sp³-hybridized carbons (Fsp3) is 0.562. The molecule has 1 unspecified atom stereocenters. The summed E-state index contributed by atoms with van der Waals surface area (Å²) in [6, 6.07) is 6.73. The summed E-state index contributed by atoms with van der Waals surface area (Å²) >= 11 is 0. The molecule has 110 valence electrons. The molecule has 3 nitrogen and oxygen atoms in total. The average molecular weight is 278 g/mol. The maximum atomic E-state index is 13.0. The van der Waals surface area contributed by atoms with E-state index in [-0.39, 0.29) is 17.8 Å². The number of rotatable bonds is 6. The largest absolute Gasteiger partial charge is 0.352 e. The minimum atomic E-state index is -0.213. The lowest BCUT2D eigenvalue weighted by Gasteiger charge is -2.17. The van der Waals surface area contributed by atoms with Crippen LogP contribution < -0.4 is 10.6 Å². The Hall–Kier alpha value is -1.42. The zero-order valence-corrected chi connectivity index (χ0v) is 12.0. The molecule has 1 aliphatic rings. The highest BCUT2D eigenvalue weighted by molar-refractivity contribution is 5.81. The van der Waals surface area contributed by atoms with Crippen molar-refractivity contribution in [2.45, 2.75) is 51.1 Å². The first-order valence-electron chi connectivity index (χ1n) is 7.43. The third-order valence-corrected chi connectivity index (χ3v) is 3.85. The third kappa shape index (κ3) is 4.60. The lowest BCUT2D eigenvalue weighted by Crippen LogP contribution is -2.46. The molecule has 1 aliphatic carbocycles. The van der Waals surface area contributed by atoms with Gasteiger partial charge in [0.15, 0.2) is 0 Å². The zero-order valence-electron chi connectivity index (χ0n) is 12.0. The first kappa shape index (κ1) is 15.0. The Morgan fingerprint density at radius 3 is 2.85 bits per heavy atom. The Morgan fingerprint density at radius 1 is 1.40 bits per heavy atom. The summed E-state index contributed by atoms with van der Waals surface area (Å²) in [4.78, 5) is 12.0. The summed E-state index contributed by atoms with van der Waals surface area (Å²) in [6.45, 7) is 2.54. The molecule has 0 radical (unpaired) electrons. The van der Waals surface area contributed by atoms with E-state index in [9.17, 15) is 9.18 Å². The van der Waals surface area contributed by atoms with E-state index in [1.807, 2.05) is 13.0 Å². The van der Waals surface area contributed by atoms with Gasteiger partial charge in [-0.05, 0) is 50.4 Å². The number of carbonyl (C=O) groups excluding carboxylic acids is 1. The van der Waals surface area contributed by atoms with Gasteiger partial charge in [0.1, 0.15) is 5.82 Å². The minimum Gasteiger partial charge on any atom is -0.352 e. The number of carbonyl (C=O) groups is 1. The van der Waals surface area contributed by atoms with Crippen LogP contribution in [0.2, 0.25) is 0 Å². The van der Waals surface area contributed by atoms with Crippen molar-refractivity contribution in [2.75, 3.05) is 6.54 Å². The van der Waals surface area contributed by atoms with Crippen LogP contribution in [0.25, 0.3) is 0 Å². The predicted molar refractivity (Wildman–Crippen MR) is 78.0 cm³/mol. The van der Waals surface area contributed by atoms with Crippen LogP contribution >= 0.6 is 0 Å². The Bertz CT molecular complexity index is 444. The molecule has 0 saturated heterocycles. The van der Waals surface area contributed by atoms with E-state index in [0.717, 1.165) is 24.8 Å². The van der Waals surface area contributed by atoms with E-state index in [1.54, 1.807) is 6.07 Å². The highest BCUT2D eigenvalue weighted by Crippen LogP contribution is 2.17. The molecule has 2 rings (SSSR count). The molecular weight excluding hydrogens is 255 g/mol. The number of hydrogen-bond acceptors (Lipinski definition) is 2. The summed E-state index contributed by atoms with van der Waals surface area (Å²) in [5.74, 6) is -0.148. The first-order valence-corrected chi connectivity index (χ1v) is 7.43. The van der Waals surface area contributed by atoms with Gasteiger partial charge in [0, 0.05) is 6.04 Å². The van der Waals surface area contributed by atoms with Crippen LogP contribution in [0.15, 0.2) is 24.3 Å². The van der Waals surface area contributed by atoms with Crippen LogP contribution in [-0.4, -0.2) is 24.5 Å². The molecule has 0 heterocycles. The van der Waals surface area contributed by atoms with E-state index in [4.69, 9.17) is 0 Å². The summed E-state index contributed by atoms with van der Waals surface area (Å²) in [5, 5.41) is 6.26. The standard InChI is InChI=1S/C16H23FN2O/c1-12(16(20)19-15-7-2-3-8-15)18-10-9-13-5-4-6-14(17)11-13/h4-6,11-12,15,18H,2-3,7-10H2,1H3,(H,19,20). The summed E-state index contributed by atoms with van der Waals surface area (Å²) in [5.41, 5.74) is 0.945. The van der Waals surface area contributed by atoms with Gasteiger partial charge in [-0.15, -0.1) is 0 Å². The Morgan fingerprint density at radius 2 is 2.15 bits per heavy atom. The van der Waals surface area contributed by atoms with Gasteiger partial charge < -0.3 is 10.6 Å². The Kier molecular flexibility index (Phi) is 5.53. The van der Waals surface area contributed by atoms with Crippen molar-refractivity contribution < 1.29 is 9.18 Å². The van der Waals surface area contributed by atoms with Gasteiger partial charge in [-0.2, -0.15) is 0 Å². The quantitative estimate of drug-likeness (QED) is 0.839. The molecule has 2 N–H and O–H groups in total. The number of amides is 1. The highest BCUT2D eigenvalue weighted by Gasteiger charge is 2.20. The van der Waals surface area contributed by atoms with Gasteiger partial charge >= 0.3 is 0 Å². The van der Waals surface area contributed by atoms with E-state index in [0.29, 0.717) is 12.6 Å². The third-order valence-electron chi connectivity index (χ3n) is 3.85. The van der Waals surface area contributed by atoms with E-state index < -0.39 is 0 Å². The minimum absolute atomic E-state index is 0.0659. The lowest BCUT2D eigenvalue weighted by atomic mass is 10.1. The number of benzene rings is 1. The van der Waals surface area contributed by atoms with Crippen molar-refractivity contribution in [1.29, 1.82) is 0 Å². The van der Waals surface area contributed by atoms with Crippen molar-refractivity contribution in [1.82, 2.24) is 10.6 Å². The van der Waals surface area contributed by atoms with Gasteiger partial charge in [0.2, 0.25) is 5.91 Å². The summed E-state index contributed by atoms with van der Waals surface area (Å²) in [6.07, 6.45) is 5.35. The predicted octanol–water partition coefficient (Wildman–Crippen LogP) is 2.41. The Balaban J connectivity index is 1.68. The second kappa shape index (κ2) is 7.39. The fourth-order valence-electron chi connectivity index (χ4n) is 2.61. The van der Waals surface area contributed by atoms with Gasteiger partial charge in [-0.3, -0.25) is 4.79 Å². The van der Waals surface area contributed by atoms with Crippen LogP contribution in [0, 0.1) is 5.82 Å². The first-order chi connectivity index (χ1) is 9.65. The van der Waals surface area contributed by atoms with Crippen molar-refractivity contribution in [3.8, 4) is 0 Å². The van der Waals surface area contributed by atoms with E-state index in [1.165, 1.54) is 25.0 Å². The van der Waals surface area contributed by atoms with Gasteiger partial charge in [0.25, 0.3) is 0 Å². The smallest absolute Gasteiger partial charge is 0.237 e. The molecule has 1 aromatic rings. The molecule has 0 aliphatic heterocycles. The van der Waals surface area contributed by atoms with E-state index >= 15 is 0 Å². The normalized spacial score (nSPS) is 17.1. The molecule has 1 atom stereocenters. The van der Waals surface area contributed by atoms with Crippen LogP contribution in [0.3, 0.4) is 0 Å². The van der Waals surface area contributed by atoms with Crippen molar-refractivity contribution in [3.05, 3.63) is 35.6 Å². The Labute approximate surface area is 120 Å². The fourth-order valence-corrected chi connectivity index (χ4v) is 2.61. The second-order valence-corrected chi connectivity index (χ2v) is 5.55. The van der Waals surface area contributed by atoms with Crippen molar-refractivity contribution in [2.24, 2.45) is 0 Å². The molecule has 0 bridgehead atoms. The van der Waals surface area contributed by atoms with Crippen molar-refractivity contribution >= 4 is 5.91 Å². The maximum absolute atomic E-state index is 13.0. The summed E-state index contributed by atoms with van der Waals surface area (Å²) in [7, 11) is 0. The van der Waals surface area contributed by atoms with Gasteiger partial charge in [0.05, 0.1) is 6.04 Å². The lowest BCUT2D eigenvalue weighted by molar-refractivity contribution is -0.123. The highest BCUT2D eigenvalue weighted by atomic mass is 19.1. The van der Waals surface area contributed by atoms with E-state index in [2.05, 4.69) is 10.6 Å². The van der Waals surface area contributed by atoms with Crippen molar-refractivity contribution in [3.63, 3.8) is 0 Å². The van der Waals surface area contributed by atoms with Crippen LogP contribution in [0.1, 0.15) is 38.2 Å². The zero-order chi connectivity index (χ0) is 14.4. The number of nitrogens with one attached hydrogen (secondary N) is 2. The second-order valence-electron chi connectivity index (χ2n) is 5.55. The molecule has 1 fully saturated rings. The molecule has 1 amide bonds. The van der Waals surface area contributed by atoms with Crippen LogP contribution in [-0.2, 0) is 11.2 Å². The van der Waals surface area contributed by atoms with Crippen LogP contribution in [0.4, 0.5) is 4.39 Å². The average Bonchev–Trinajstić information content (AvgIpc) is 2.91. The molecule has 1 aromatic carbocycles. The molecule has 20 heavy (non-hydrogen) atoms. The maximum Gasteiger partial charge on any atom is 0.237 e. The van der Waals surface area contributed by atoms with Crippen LogP contribution in [0.5, 0.6) is 0 Å². The van der Waals surface area contributed by atoms with Gasteiger partial charge in [-0.1, -0.05) is 25.0 Å². The number of halogens is 1. The van der Waals surface area contributed by atoms with Gasteiger partial charge in [-0.25, -0.2) is 4.39 Å². The molecule has 0 spiro atoms. The SMILES string of the molecule is CC(NCCc1cccc(F)c1)C(=O)NC1CCCC1.